The fourth-order valence-corrected chi connectivity index (χ4v) is 1.79. The quantitative estimate of drug-likeness (QED) is 0.762. The molecule has 0 saturated carbocycles. The van der Waals surface area contributed by atoms with E-state index in [4.69, 9.17) is 5.11 Å². The third-order valence-electron chi connectivity index (χ3n) is 2.97. The molecule has 0 atom stereocenters. The molecule has 0 aliphatic rings. The molecule has 1 heterocycles. The van der Waals surface area contributed by atoms with Gasteiger partial charge >= 0.3 is 5.97 Å². The lowest BCUT2D eigenvalue weighted by molar-refractivity contribution is 0.0690. The molecule has 110 valence electrons. The van der Waals surface area contributed by atoms with Crippen LogP contribution in [0.25, 0.3) is 0 Å². The number of imidazole rings is 1. The Balaban J connectivity index is 1.88. The number of aromatic nitrogens is 2. The van der Waals surface area contributed by atoms with E-state index in [1.54, 1.807) is 17.6 Å². The topological polar surface area (TPSA) is 104 Å². The molecule has 1 aromatic heterocycles. The van der Waals surface area contributed by atoms with Crippen molar-refractivity contribution in [3.63, 3.8) is 0 Å². The number of rotatable bonds is 5. The molecule has 7 nitrogen and oxygen atoms in total. The van der Waals surface area contributed by atoms with E-state index in [1.165, 1.54) is 24.7 Å². The Morgan fingerprint density at radius 3 is 2.76 bits per heavy atom. The average molecular weight is 289 g/mol. The Hall–Kier alpha value is -2.83. The summed E-state index contributed by atoms with van der Waals surface area (Å²) >= 11 is 0. The van der Waals surface area contributed by atoms with E-state index in [1.807, 2.05) is 0 Å². The molecule has 2 rings (SSSR count). The van der Waals surface area contributed by atoms with E-state index in [2.05, 4.69) is 10.3 Å². The minimum atomic E-state index is -1.09. The first-order valence-electron chi connectivity index (χ1n) is 6.30. The second-order valence-corrected chi connectivity index (χ2v) is 4.56. The van der Waals surface area contributed by atoms with E-state index in [0.29, 0.717) is 24.2 Å². The number of phenols is 1. The van der Waals surface area contributed by atoms with Crippen LogP contribution in [-0.4, -0.2) is 38.2 Å². The van der Waals surface area contributed by atoms with Gasteiger partial charge in [-0.2, -0.15) is 0 Å². The molecule has 7 heteroatoms. The molecule has 0 saturated heterocycles. The minimum Gasteiger partial charge on any atom is -0.508 e. The zero-order chi connectivity index (χ0) is 15.4. The van der Waals surface area contributed by atoms with Crippen molar-refractivity contribution in [3.05, 3.63) is 47.5 Å². The zero-order valence-electron chi connectivity index (χ0n) is 11.4. The van der Waals surface area contributed by atoms with Crippen molar-refractivity contribution in [2.45, 2.75) is 13.5 Å². The predicted molar refractivity (Wildman–Crippen MR) is 74.4 cm³/mol. The van der Waals surface area contributed by atoms with E-state index in [-0.39, 0.29) is 17.4 Å². The van der Waals surface area contributed by atoms with Gasteiger partial charge in [-0.15, -0.1) is 0 Å². The number of aryl methyl sites for hydroxylation is 1. The van der Waals surface area contributed by atoms with Gasteiger partial charge in [0.05, 0.1) is 6.33 Å². The van der Waals surface area contributed by atoms with Gasteiger partial charge in [0.1, 0.15) is 5.75 Å². The Kier molecular flexibility index (Phi) is 4.22. The number of amides is 1. The molecular formula is C14H15N3O4. The maximum atomic E-state index is 11.9. The highest BCUT2D eigenvalue weighted by Gasteiger charge is 2.08. The van der Waals surface area contributed by atoms with Crippen LogP contribution in [0.4, 0.5) is 0 Å². The van der Waals surface area contributed by atoms with Gasteiger partial charge in [-0.25, -0.2) is 9.78 Å². The fourth-order valence-electron chi connectivity index (χ4n) is 1.79. The number of benzene rings is 1. The molecule has 0 fully saturated rings. The third kappa shape index (κ3) is 3.59. The van der Waals surface area contributed by atoms with E-state index in [0.717, 1.165) is 0 Å². The highest BCUT2D eigenvalue weighted by molar-refractivity contribution is 5.94. The standard InChI is InChI=1S/C14H15N3O4/c1-9-6-10(2-3-12(9)18)13(19)15-4-5-17-7-11(14(20)21)16-8-17/h2-3,6-8,18H,4-5H2,1H3,(H,15,19)(H,20,21). The number of carbonyl (C=O) groups excluding carboxylic acids is 1. The summed E-state index contributed by atoms with van der Waals surface area (Å²) in [5.74, 6) is -1.19. The third-order valence-corrected chi connectivity index (χ3v) is 2.97. The number of hydrogen-bond donors (Lipinski definition) is 3. The molecule has 3 N–H and O–H groups in total. The maximum Gasteiger partial charge on any atom is 0.356 e. The van der Waals surface area contributed by atoms with Crippen LogP contribution in [0.1, 0.15) is 26.4 Å². The maximum absolute atomic E-state index is 11.9. The molecule has 2 aromatic rings. The van der Waals surface area contributed by atoms with Crippen LogP contribution in [-0.2, 0) is 6.54 Å². The fraction of sp³-hybridized carbons (Fsp3) is 0.214. The number of aromatic hydroxyl groups is 1. The van der Waals surface area contributed by atoms with Gasteiger partial charge in [0.15, 0.2) is 5.69 Å². The van der Waals surface area contributed by atoms with Crippen LogP contribution >= 0.6 is 0 Å². The number of aromatic carboxylic acids is 1. The Labute approximate surface area is 120 Å². The summed E-state index contributed by atoms with van der Waals surface area (Å²) in [6.45, 7) is 2.47. The number of carboxylic acid groups (broad SMARTS) is 1. The van der Waals surface area contributed by atoms with Crippen molar-refractivity contribution in [3.8, 4) is 5.75 Å². The lowest BCUT2D eigenvalue weighted by atomic mass is 10.1. The molecule has 0 radical (unpaired) electrons. The van der Waals surface area contributed by atoms with Crippen molar-refractivity contribution >= 4 is 11.9 Å². The molecule has 1 aromatic carbocycles. The van der Waals surface area contributed by atoms with E-state index in [9.17, 15) is 14.7 Å². The SMILES string of the molecule is Cc1cc(C(=O)NCCn2cnc(C(=O)O)c2)ccc1O. The number of carboxylic acids is 1. The largest absolute Gasteiger partial charge is 0.508 e. The molecular weight excluding hydrogens is 274 g/mol. The van der Waals surface area contributed by atoms with E-state index < -0.39 is 5.97 Å². The first-order valence-corrected chi connectivity index (χ1v) is 6.30. The van der Waals surface area contributed by atoms with Crippen LogP contribution in [0.5, 0.6) is 5.75 Å². The summed E-state index contributed by atoms with van der Waals surface area (Å²) in [5, 5.41) is 20.9. The lowest BCUT2D eigenvalue weighted by Gasteiger charge is -2.07. The zero-order valence-corrected chi connectivity index (χ0v) is 11.4. The second kappa shape index (κ2) is 6.08. The highest BCUT2D eigenvalue weighted by atomic mass is 16.4. The number of nitrogens with zero attached hydrogens (tertiary/aromatic N) is 2. The van der Waals surface area contributed by atoms with Gasteiger partial charge in [-0.1, -0.05) is 0 Å². The predicted octanol–water partition coefficient (Wildman–Crippen LogP) is 1.03. The van der Waals surface area contributed by atoms with Crippen LogP contribution in [0.2, 0.25) is 0 Å². The van der Waals surface area contributed by atoms with Gasteiger partial charge in [-0.3, -0.25) is 4.79 Å². The summed E-state index contributed by atoms with van der Waals surface area (Å²) in [5.41, 5.74) is 1.06. The number of nitrogens with one attached hydrogen (secondary N) is 1. The number of hydrogen-bond acceptors (Lipinski definition) is 4. The van der Waals surface area contributed by atoms with Crippen molar-refractivity contribution in [2.75, 3.05) is 6.54 Å². The summed E-state index contributed by atoms with van der Waals surface area (Å²) < 4.78 is 1.59. The van der Waals surface area contributed by atoms with Gasteiger partial charge in [-0.05, 0) is 30.7 Å². The number of carbonyl (C=O) groups is 2. The first kappa shape index (κ1) is 14.6. The average Bonchev–Trinajstić information content (AvgIpc) is 2.91. The molecule has 0 aliphatic carbocycles. The monoisotopic (exact) mass is 289 g/mol. The highest BCUT2D eigenvalue weighted by Crippen LogP contribution is 2.16. The van der Waals surface area contributed by atoms with Crippen LogP contribution < -0.4 is 5.32 Å². The minimum absolute atomic E-state index is 0.0320. The molecule has 0 aliphatic heterocycles. The van der Waals surface area contributed by atoms with Gasteiger partial charge in [0, 0.05) is 24.8 Å². The van der Waals surface area contributed by atoms with Gasteiger partial charge in [0.25, 0.3) is 5.91 Å². The Morgan fingerprint density at radius 1 is 1.38 bits per heavy atom. The molecule has 0 bridgehead atoms. The van der Waals surface area contributed by atoms with Crippen LogP contribution in [0.3, 0.4) is 0 Å². The Bertz CT molecular complexity index is 679. The summed E-state index contributed by atoms with van der Waals surface area (Å²) in [4.78, 5) is 26.3. The summed E-state index contributed by atoms with van der Waals surface area (Å²) in [7, 11) is 0. The second-order valence-electron chi connectivity index (χ2n) is 4.56. The molecule has 0 spiro atoms. The normalized spacial score (nSPS) is 10.3. The first-order chi connectivity index (χ1) is 9.97. The van der Waals surface area contributed by atoms with Crippen molar-refractivity contribution in [1.29, 1.82) is 0 Å². The van der Waals surface area contributed by atoms with Crippen molar-refractivity contribution in [1.82, 2.24) is 14.9 Å². The molecule has 21 heavy (non-hydrogen) atoms. The van der Waals surface area contributed by atoms with E-state index >= 15 is 0 Å². The lowest BCUT2D eigenvalue weighted by Crippen LogP contribution is -2.27. The van der Waals surface area contributed by atoms with Crippen LogP contribution in [0.15, 0.2) is 30.7 Å². The van der Waals surface area contributed by atoms with Crippen molar-refractivity contribution in [2.24, 2.45) is 0 Å². The van der Waals surface area contributed by atoms with Crippen molar-refractivity contribution < 1.29 is 19.8 Å². The smallest absolute Gasteiger partial charge is 0.356 e. The molecule has 1 amide bonds. The molecule has 0 unspecified atom stereocenters. The Morgan fingerprint density at radius 2 is 2.14 bits per heavy atom. The van der Waals surface area contributed by atoms with Crippen LogP contribution in [0, 0.1) is 6.92 Å². The summed E-state index contributed by atoms with van der Waals surface area (Å²) in [6, 6.07) is 4.61. The summed E-state index contributed by atoms with van der Waals surface area (Å²) in [6.07, 6.45) is 2.81. The van der Waals surface area contributed by atoms with Gasteiger partial charge < -0.3 is 20.1 Å². The number of phenolic OH excluding ortho intramolecular Hbond substituents is 1. The van der Waals surface area contributed by atoms with Gasteiger partial charge in [0.2, 0.25) is 0 Å².